The van der Waals surface area contributed by atoms with Crippen molar-refractivity contribution in [2.75, 3.05) is 10.8 Å². The molecule has 33 heavy (non-hydrogen) atoms. The lowest BCUT2D eigenvalue weighted by atomic mass is 10.00. The number of carbonyl (C=O) groups excluding carboxylic acids is 1. The Morgan fingerprint density at radius 3 is 2.33 bits per heavy atom. The highest BCUT2D eigenvalue weighted by atomic mass is 35.5. The van der Waals surface area contributed by atoms with Crippen LogP contribution in [0.4, 0.5) is 5.69 Å². The van der Waals surface area contributed by atoms with Gasteiger partial charge in [-0.15, -0.1) is 0 Å². The maximum atomic E-state index is 13.4. The van der Waals surface area contributed by atoms with E-state index in [-0.39, 0.29) is 4.90 Å². The number of carbonyl (C=O) groups is 1. The van der Waals surface area contributed by atoms with Crippen molar-refractivity contribution >= 4 is 39.4 Å². The Hall–Kier alpha value is -3.16. The molecule has 0 fully saturated rings. The molecule has 0 radical (unpaired) electrons. The number of hydrogen-bond donors (Lipinski definition) is 1. The number of anilines is 1. The number of aryl methyl sites for hydroxylation is 2. The smallest absolute Gasteiger partial charge is 0.264 e. The average molecular weight is 484 g/mol. The van der Waals surface area contributed by atoms with Crippen LogP contribution in [0.2, 0.25) is 5.02 Å². The van der Waals surface area contributed by atoms with E-state index in [4.69, 9.17) is 11.6 Å². The molecule has 3 rings (SSSR count). The van der Waals surface area contributed by atoms with Crippen molar-refractivity contribution in [1.29, 1.82) is 0 Å². The number of nitrogens with one attached hydrogen (secondary N) is 1. The highest BCUT2D eigenvalue weighted by Gasteiger charge is 2.28. The molecule has 0 atom stereocenters. The molecule has 0 aliphatic rings. The lowest BCUT2D eigenvalue weighted by Crippen LogP contribution is -2.40. The summed E-state index contributed by atoms with van der Waals surface area (Å²) in [6.07, 6.45) is 1.56. The van der Waals surface area contributed by atoms with Gasteiger partial charge in [-0.1, -0.05) is 48.0 Å². The molecule has 1 N–H and O–H groups in total. The molecule has 0 aliphatic carbocycles. The fourth-order valence-corrected chi connectivity index (χ4v) is 4.99. The minimum Gasteiger partial charge on any atom is -0.271 e. The monoisotopic (exact) mass is 483 g/mol. The summed E-state index contributed by atoms with van der Waals surface area (Å²) in [4.78, 5) is 12.8. The number of amides is 1. The molecule has 0 aromatic heterocycles. The van der Waals surface area contributed by atoms with Crippen LogP contribution in [0.5, 0.6) is 0 Å². The molecule has 0 heterocycles. The number of hydrazone groups is 1. The van der Waals surface area contributed by atoms with Gasteiger partial charge in [-0.05, 0) is 79.8 Å². The first-order valence-corrected chi connectivity index (χ1v) is 12.2. The zero-order valence-electron chi connectivity index (χ0n) is 19.0. The minimum absolute atomic E-state index is 0.0754. The first kappa shape index (κ1) is 24.5. The summed E-state index contributed by atoms with van der Waals surface area (Å²) in [7, 11) is -4.02. The first-order valence-electron chi connectivity index (χ1n) is 10.3. The summed E-state index contributed by atoms with van der Waals surface area (Å²) in [6.45, 7) is 7.35. The van der Waals surface area contributed by atoms with E-state index in [2.05, 4.69) is 10.5 Å². The van der Waals surface area contributed by atoms with E-state index in [0.29, 0.717) is 16.3 Å². The van der Waals surface area contributed by atoms with Gasteiger partial charge in [0.15, 0.2) is 0 Å². The molecule has 3 aromatic carbocycles. The SMILES string of the molecule is Cc1ccc(Cl)cc1N(CC(=O)N/N=C\c1ccc(C)c(C)c1C)S(=O)(=O)c1ccccc1. The molecule has 6 nitrogen and oxygen atoms in total. The summed E-state index contributed by atoms with van der Waals surface area (Å²) in [5.41, 5.74) is 7.70. The molecular weight excluding hydrogens is 458 g/mol. The van der Waals surface area contributed by atoms with Gasteiger partial charge in [0.1, 0.15) is 6.54 Å². The van der Waals surface area contributed by atoms with Crippen molar-refractivity contribution in [3.63, 3.8) is 0 Å². The molecule has 0 spiro atoms. The molecule has 172 valence electrons. The maximum absolute atomic E-state index is 13.4. The number of benzene rings is 3. The van der Waals surface area contributed by atoms with Crippen molar-refractivity contribution in [1.82, 2.24) is 5.43 Å². The molecule has 0 saturated carbocycles. The first-order chi connectivity index (χ1) is 15.6. The molecule has 0 unspecified atom stereocenters. The van der Waals surface area contributed by atoms with Crippen molar-refractivity contribution < 1.29 is 13.2 Å². The molecular formula is C25H26ClN3O3S. The number of halogens is 1. The van der Waals surface area contributed by atoms with Crippen LogP contribution in [0, 0.1) is 27.7 Å². The second kappa shape index (κ2) is 10.2. The molecule has 8 heteroatoms. The maximum Gasteiger partial charge on any atom is 0.264 e. The van der Waals surface area contributed by atoms with Gasteiger partial charge >= 0.3 is 0 Å². The van der Waals surface area contributed by atoms with Crippen LogP contribution >= 0.6 is 11.6 Å². The van der Waals surface area contributed by atoms with E-state index in [1.165, 1.54) is 23.8 Å². The third-order valence-electron chi connectivity index (χ3n) is 5.55. The van der Waals surface area contributed by atoms with Gasteiger partial charge in [-0.3, -0.25) is 9.10 Å². The fourth-order valence-electron chi connectivity index (χ4n) is 3.33. The highest BCUT2D eigenvalue weighted by molar-refractivity contribution is 7.92. The molecule has 0 aliphatic heterocycles. The van der Waals surface area contributed by atoms with Crippen LogP contribution < -0.4 is 9.73 Å². The zero-order chi connectivity index (χ0) is 24.2. The summed E-state index contributed by atoms with van der Waals surface area (Å²) in [5.74, 6) is -0.577. The van der Waals surface area contributed by atoms with Crippen molar-refractivity contribution in [3.05, 3.63) is 93.5 Å². The van der Waals surface area contributed by atoms with Gasteiger partial charge in [-0.2, -0.15) is 5.10 Å². The van der Waals surface area contributed by atoms with Gasteiger partial charge < -0.3 is 0 Å². The number of hydrogen-bond acceptors (Lipinski definition) is 4. The van der Waals surface area contributed by atoms with E-state index in [0.717, 1.165) is 21.0 Å². The van der Waals surface area contributed by atoms with E-state index < -0.39 is 22.5 Å². The van der Waals surface area contributed by atoms with E-state index in [1.807, 2.05) is 32.9 Å². The van der Waals surface area contributed by atoms with Gasteiger partial charge in [0.05, 0.1) is 16.8 Å². The Balaban J connectivity index is 1.88. The molecule has 3 aromatic rings. The Morgan fingerprint density at radius 1 is 0.970 bits per heavy atom. The van der Waals surface area contributed by atoms with Crippen LogP contribution in [0.15, 0.2) is 70.7 Å². The van der Waals surface area contributed by atoms with Crippen LogP contribution in [0.1, 0.15) is 27.8 Å². The quantitative estimate of drug-likeness (QED) is 0.382. The van der Waals surface area contributed by atoms with Gasteiger partial charge in [0.25, 0.3) is 15.9 Å². The lowest BCUT2D eigenvalue weighted by molar-refractivity contribution is -0.119. The van der Waals surface area contributed by atoms with Gasteiger partial charge in [-0.25, -0.2) is 13.8 Å². The van der Waals surface area contributed by atoms with Crippen molar-refractivity contribution in [2.45, 2.75) is 32.6 Å². The number of nitrogens with zero attached hydrogens (tertiary/aromatic N) is 2. The number of sulfonamides is 1. The van der Waals surface area contributed by atoms with Crippen molar-refractivity contribution in [3.8, 4) is 0 Å². The van der Waals surface area contributed by atoms with Crippen LogP contribution in [0.25, 0.3) is 0 Å². The molecule has 0 bridgehead atoms. The summed E-state index contributed by atoms with van der Waals surface area (Å²) >= 11 is 6.14. The Bertz CT molecular complexity index is 1310. The van der Waals surface area contributed by atoms with Gasteiger partial charge in [0.2, 0.25) is 0 Å². The minimum atomic E-state index is -4.02. The van der Waals surface area contributed by atoms with Crippen LogP contribution in [0.3, 0.4) is 0 Å². The second-order valence-corrected chi connectivity index (χ2v) is 10.1. The Kier molecular flexibility index (Phi) is 7.56. The second-order valence-electron chi connectivity index (χ2n) is 7.77. The average Bonchev–Trinajstić information content (AvgIpc) is 2.79. The highest BCUT2D eigenvalue weighted by Crippen LogP contribution is 2.29. The summed E-state index contributed by atoms with van der Waals surface area (Å²) in [5, 5.41) is 4.41. The van der Waals surface area contributed by atoms with Crippen molar-refractivity contribution in [2.24, 2.45) is 5.10 Å². The Morgan fingerprint density at radius 2 is 1.64 bits per heavy atom. The zero-order valence-corrected chi connectivity index (χ0v) is 20.5. The lowest BCUT2D eigenvalue weighted by Gasteiger charge is -2.25. The molecule has 1 amide bonds. The fraction of sp³-hybridized carbons (Fsp3) is 0.200. The Labute approximate surface area is 200 Å². The van der Waals surface area contributed by atoms with E-state index >= 15 is 0 Å². The standard InChI is InChI=1S/C25H26ClN3O3S/c1-17-10-12-21(20(4)19(17)3)15-27-28-25(30)16-29(24-14-22(26)13-11-18(24)2)33(31,32)23-8-6-5-7-9-23/h5-15H,16H2,1-4H3,(H,28,30)/b27-15-. The largest absolute Gasteiger partial charge is 0.271 e. The van der Waals surface area contributed by atoms with Gasteiger partial charge in [0, 0.05) is 5.02 Å². The topological polar surface area (TPSA) is 78.8 Å². The predicted octanol–water partition coefficient (Wildman–Crippen LogP) is 4.92. The third kappa shape index (κ3) is 5.61. The number of rotatable bonds is 7. The normalized spacial score (nSPS) is 11.5. The van der Waals surface area contributed by atoms with Crippen LogP contribution in [-0.4, -0.2) is 27.1 Å². The van der Waals surface area contributed by atoms with Crippen LogP contribution in [-0.2, 0) is 14.8 Å². The summed E-state index contributed by atoms with van der Waals surface area (Å²) in [6, 6.07) is 16.8. The predicted molar refractivity (Wildman–Crippen MR) is 134 cm³/mol. The van der Waals surface area contributed by atoms with E-state index in [1.54, 1.807) is 43.5 Å². The molecule has 0 saturated heterocycles. The van der Waals surface area contributed by atoms with E-state index in [9.17, 15) is 13.2 Å². The third-order valence-corrected chi connectivity index (χ3v) is 7.56. The summed E-state index contributed by atoms with van der Waals surface area (Å²) < 4.78 is 27.9.